The second kappa shape index (κ2) is 10.1. The summed E-state index contributed by atoms with van der Waals surface area (Å²) in [6.07, 6.45) is 2.25. The highest BCUT2D eigenvalue weighted by atomic mass is 79.9. The lowest BCUT2D eigenvalue weighted by molar-refractivity contribution is -0.139. The molecule has 2 aliphatic heterocycles. The van der Waals surface area contributed by atoms with Crippen molar-refractivity contribution in [2.75, 3.05) is 13.2 Å². The Hall–Kier alpha value is -2.63. The predicted molar refractivity (Wildman–Crippen MR) is 117 cm³/mol. The highest BCUT2D eigenvalue weighted by Crippen LogP contribution is 2.42. The van der Waals surface area contributed by atoms with Crippen molar-refractivity contribution in [3.05, 3.63) is 61.9 Å². The van der Waals surface area contributed by atoms with E-state index in [2.05, 4.69) is 20.9 Å². The van der Waals surface area contributed by atoms with Crippen LogP contribution in [0.5, 0.6) is 0 Å². The van der Waals surface area contributed by atoms with Gasteiger partial charge in [-0.3, -0.25) is 9.79 Å². The van der Waals surface area contributed by atoms with Crippen LogP contribution < -0.4 is 5.73 Å². The van der Waals surface area contributed by atoms with Crippen LogP contribution in [0.1, 0.15) is 30.0 Å². The number of aliphatic imine (C=N–C) groups is 1. The molecular formula is C20H20BrFN4O4S. The van der Waals surface area contributed by atoms with Crippen molar-refractivity contribution < 1.29 is 23.8 Å². The van der Waals surface area contributed by atoms with Crippen molar-refractivity contribution in [1.29, 1.82) is 0 Å². The minimum Gasteiger partial charge on any atom is -0.483 e. The number of hydrogen-bond acceptors (Lipinski definition) is 8. The number of nitrogens with zero attached hydrogens (tertiary/aromatic N) is 3. The predicted octanol–water partition coefficient (Wildman–Crippen LogP) is 3.10. The molecule has 0 amide bonds. The molecule has 0 aliphatic carbocycles. The molecule has 31 heavy (non-hydrogen) atoms. The number of carbonyl (C=O) groups is 2. The maximum atomic E-state index is 13.7. The number of benzene rings is 1. The molecule has 1 aromatic heterocycles. The van der Waals surface area contributed by atoms with Crippen LogP contribution in [-0.2, 0) is 14.3 Å². The molecule has 1 aromatic carbocycles. The highest BCUT2D eigenvalue weighted by Gasteiger charge is 2.41. The van der Waals surface area contributed by atoms with Gasteiger partial charge in [-0.25, -0.2) is 14.2 Å². The topological polar surface area (TPSA) is 118 Å². The number of ether oxygens (including phenoxy) is 1. The van der Waals surface area contributed by atoms with Gasteiger partial charge in [0.1, 0.15) is 11.9 Å². The van der Waals surface area contributed by atoms with Gasteiger partial charge in [0.25, 0.3) is 6.47 Å². The fraction of sp³-hybridized carbons (Fsp3) is 0.300. The minimum absolute atomic E-state index is 0.125. The van der Waals surface area contributed by atoms with Crippen LogP contribution in [0.25, 0.3) is 0 Å². The molecule has 2 aliphatic rings. The number of carboxylic acid groups (broad SMARTS) is 1. The Labute approximate surface area is 190 Å². The zero-order valence-corrected chi connectivity index (χ0v) is 18.9. The van der Waals surface area contributed by atoms with Gasteiger partial charge in [0.2, 0.25) is 0 Å². The molecule has 4 rings (SSSR count). The highest BCUT2D eigenvalue weighted by molar-refractivity contribution is 9.10. The van der Waals surface area contributed by atoms with Gasteiger partial charge >= 0.3 is 5.97 Å². The first-order valence-electron chi connectivity index (χ1n) is 9.34. The Morgan fingerprint density at radius 1 is 1.52 bits per heavy atom. The molecule has 11 heteroatoms. The quantitative estimate of drug-likeness (QED) is 0.479. The first-order valence-corrected chi connectivity index (χ1v) is 11.0. The molecule has 3 N–H and O–H groups in total. The zero-order chi connectivity index (χ0) is 22.5. The third-order valence-electron chi connectivity index (χ3n) is 4.67. The van der Waals surface area contributed by atoms with E-state index in [1.807, 2.05) is 10.3 Å². The third-order valence-corrected chi connectivity index (χ3v) is 6.12. The minimum atomic E-state index is -0.635. The number of hydrogen-bond donors (Lipinski definition) is 2. The fourth-order valence-electron chi connectivity index (χ4n) is 3.54. The van der Waals surface area contributed by atoms with Gasteiger partial charge in [0.15, 0.2) is 10.8 Å². The number of nitrogens with two attached hydrogens (primary N) is 1. The van der Waals surface area contributed by atoms with E-state index in [4.69, 9.17) is 25.4 Å². The number of halogens is 2. The van der Waals surface area contributed by atoms with Gasteiger partial charge in [-0.2, -0.15) is 0 Å². The number of amidine groups is 1. The summed E-state index contributed by atoms with van der Waals surface area (Å²) in [6.45, 7) is 2.31. The van der Waals surface area contributed by atoms with E-state index in [1.165, 1.54) is 23.5 Å². The van der Waals surface area contributed by atoms with Crippen LogP contribution in [0.2, 0.25) is 0 Å². The molecule has 0 saturated carbocycles. The number of aromatic nitrogens is 1. The third kappa shape index (κ3) is 4.83. The molecular weight excluding hydrogens is 491 g/mol. The van der Waals surface area contributed by atoms with Crippen LogP contribution in [0.3, 0.4) is 0 Å². The summed E-state index contributed by atoms with van der Waals surface area (Å²) in [5.41, 5.74) is 8.15. The van der Waals surface area contributed by atoms with E-state index in [9.17, 15) is 9.18 Å². The van der Waals surface area contributed by atoms with E-state index in [0.717, 1.165) is 10.7 Å². The maximum absolute atomic E-state index is 13.7. The summed E-state index contributed by atoms with van der Waals surface area (Å²) < 4.78 is 19.5. The van der Waals surface area contributed by atoms with Crippen molar-refractivity contribution in [1.82, 2.24) is 9.88 Å². The molecule has 0 spiro atoms. The average molecular weight is 511 g/mol. The van der Waals surface area contributed by atoms with E-state index in [1.54, 1.807) is 19.2 Å². The summed E-state index contributed by atoms with van der Waals surface area (Å²) in [4.78, 5) is 32.5. The Balaban J connectivity index is 0.000000858. The fourth-order valence-corrected chi connectivity index (χ4v) is 4.75. The Morgan fingerprint density at radius 2 is 2.26 bits per heavy atom. The van der Waals surface area contributed by atoms with Crippen LogP contribution in [-0.4, -0.2) is 52.5 Å². The van der Waals surface area contributed by atoms with Crippen molar-refractivity contribution >= 4 is 45.5 Å². The Bertz CT molecular complexity index is 1030. The standard InChI is InChI=1S/C19H18BrFN4O2S.CH2O2/c1-2-27-19(26)15-14-8-11(22)9-25(14)17(18-23-5-6-28-18)24-16(15)12-4-3-10(21)7-13(12)20;2-1-3/h3-7,11,16H,2,8-9,22H2,1H3;1H,(H,2,3)/t11-,16+;/m1./s1. The summed E-state index contributed by atoms with van der Waals surface area (Å²) in [5, 5.41) is 9.51. The van der Waals surface area contributed by atoms with Crippen LogP contribution in [0, 0.1) is 5.82 Å². The Morgan fingerprint density at radius 3 is 2.87 bits per heavy atom. The van der Waals surface area contributed by atoms with Gasteiger partial charge in [0.05, 0.1) is 12.2 Å². The zero-order valence-electron chi connectivity index (χ0n) is 16.5. The van der Waals surface area contributed by atoms with E-state index < -0.39 is 12.0 Å². The first kappa shape index (κ1) is 23.0. The lowest BCUT2D eigenvalue weighted by atomic mass is 9.94. The smallest absolute Gasteiger partial charge is 0.338 e. The lowest BCUT2D eigenvalue weighted by Crippen LogP contribution is -2.36. The van der Waals surface area contributed by atoms with E-state index >= 15 is 0 Å². The molecule has 1 fully saturated rings. The summed E-state index contributed by atoms with van der Waals surface area (Å²) >= 11 is 4.88. The SMILES string of the molecule is CCOC(=O)C1=C2C[C@@H](N)CN2C(c2nccs2)=N[C@H]1c1ccc(F)cc1Br.O=CO. The van der Waals surface area contributed by atoms with Gasteiger partial charge in [-0.05, 0) is 24.6 Å². The first-order chi connectivity index (χ1) is 14.9. The molecule has 164 valence electrons. The van der Waals surface area contributed by atoms with Gasteiger partial charge in [-0.15, -0.1) is 11.3 Å². The number of esters is 1. The number of fused-ring (bicyclic) bond motifs is 1. The van der Waals surface area contributed by atoms with Crippen molar-refractivity contribution in [3.8, 4) is 0 Å². The van der Waals surface area contributed by atoms with Crippen molar-refractivity contribution in [2.24, 2.45) is 10.7 Å². The molecule has 1 saturated heterocycles. The van der Waals surface area contributed by atoms with E-state index in [-0.39, 0.29) is 24.9 Å². The average Bonchev–Trinajstić information content (AvgIpc) is 3.37. The van der Waals surface area contributed by atoms with E-state index in [0.29, 0.717) is 34.4 Å². The number of carbonyl (C=O) groups excluding carboxylic acids is 1. The van der Waals surface area contributed by atoms with Gasteiger partial charge in [0, 0.05) is 40.8 Å². The largest absolute Gasteiger partial charge is 0.483 e. The maximum Gasteiger partial charge on any atom is 0.338 e. The molecule has 2 atom stereocenters. The molecule has 0 unspecified atom stereocenters. The summed E-state index contributed by atoms with van der Waals surface area (Å²) in [6, 6.07) is 3.61. The summed E-state index contributed by atoms with van der Waals surface area (Å²) in [5.74, 6) is -0.127. The number of rotatable bonds is 4. The molecule has 0 bridgehead atoms. The van der Waals surface area contributed by atoms with Gasteiger partial charge in [-0.1, -0.05) is 22.0 Å². The monoisotopic (exact) mass is 510 g/mol. The van der Waals surface area contributed by atoms with Gasteiger partial charge < -0.3 is 20.5 Å². The van der Waals surface area contributed by atoms with Crippen LogP contribution >= 0.6 is 27.3 Å². The van der Waals surface area contributed by atoms with Crippen molar-refractivity contribution in [2.45, 2.75) is 25.4 Å². The lowest BCUT2D eigenvalue weighted by Gasteiger charge is -2.31. The summed E-state index contributed by atoms with van der Waals surface area (Å²) in [7, 11) is 0. The number of thiazole rings is 1. The second-order valence-electron chi connectivity index (χ2n) is 6.62. The molecule has 2 aromatic rings. The normalized spacial score (nSPS) is 19.9. The van der Waals surface area contributed by atoms with Crippen molar-refractivity contribution in [3.63, 3.8) is 0 Å². The molecule has 0 radical (unpaired) electrons. The second-order valence-corrected chi connectivity index (χ2v) is 8.37. The van der Waals surface area contributed by atoms with Crippen LogP contribution in [0.4, 0.5) is 4.39 Å². The Kier molecular flexibility index (Phi) is 7.52. The molecule has 8 nitrogen and oxygen atoms in total. The molecule has 3 heterocycles. The van der Waals surface area contributed by atoms with Crippen LogP contribution in [0.15, 0.2) is 50.5 Å².